The standard InChI is InChI=1S/C21H18N2O/c1-2-23-16-9-11-18-20(13-16)24-19-12-15(22)8-10-17(19)21(18)14-6-4-3-5-7-14/h3-13H,2,22H2,1H3. The van der Waals surface area contributed by atoms with Crippen molar-refractivity contribution in [2.45, 2.75) is 6.92 Å². The van der Waals surface area contributed by atoms with Crippen molar-refractivity contribution in [2.24, 2.45) is 4.99 Å². The Kier molecular flexibility index (Phi) is 3.54. The fraction of sp³-hybridized carbons (Fsp3) is 0.0952. The van der Waals surface area contributed by atoms with Gasteiger partial charge in [0, 0.05) is 40.9 Å². The van der Waals surface area contributed by atoms with Crippen molar-refractivity contribution in [1.29, 1.82) is 0 Å². The van der Waals surface area contributed by atoms with Gasteiger partial charge in [-0.1, -0.05) is 30.3 Å². The Morgan fingerprint density at radius 1 is 0.958 bits per heavy atom. The SMILES string of the molecule is CCN=c1ccc2c(-c3ccccc3)c3ccc(N)cc3oc-2c1. The number of anilines is 1. The molecule has 0 unspecified atom stereocenters. The first-order valence-corrected chi connectivity index (χ1v) is 8.08. The molecule has 2 aliphatic rings. The maximum absolute atomic E-state index is 6.14. The first kappa shape index (κ1) is 14.5. The van der Waals surface area contributed by atoms with Crippen LogP contribution in [0.5, 0.6) is 0 Å². The maximum Gasteiger partial charge on any atom is 0.137 e. The summed E-state index contributed by atoms with van der Waals surface area (Å²) in [6, 6.07) is 22.3. The predicted molar refractivity (Wildman–Crippen MR) is 98.8 cm³/mol. The third-order valence-corrected chi connectivity index (χ3v) is 4.13. The first-order valence-electron chi connectivity index (χ1n) is 8.08. The number of nitrogens with two attached hydrogens (primary N) is 1. The smallest absolute Gasteiger partial charge is 0.137 e. The molecule has 1 aliphatic heterocycles. The van der Waals surface area contributed by atoms with Crippen LogP contribution in [0.15, 0.2) is 76.1 Å². The molecule has 118 valence electrons. The molecule has 0 saturated heterocycles. The molecular formula is C21H18N2O. The molecule has 0 atom stereocenters. The number of nitrogens with zero attached hydrogens (tertiary/aromatic N) is 1. The fourth-order valence-corrected chi connectivity index (χ4v) is 3.09. The quantitative estimate of drug-likeness (QED) is 0.430. The second-order valence-electron chi connectivity index (χ2n) is 5.75. The molecule has 2 N–H and O–H groups in total. The lowest BCUT2D eigenvalue weighted by Gasteiger charge is -2.15. The molecular weight excluding hydrogens is 296 g/mol. The zero-order valence-electron chi connectivity index (χ0n) is 13.5. The second kappa shape index (κ2) is 5.85. The normalized spacial score (nSPS) is 12.1. The summed E-state index contributed by atoms with van der Waals surface area (Å²) in [4.78, 5) is 4.47. The summed E-state index contributed by atoms with van der Waals surface area (Å²) in [5.41, 5.74) is 10.8. The van der Waals surface area contributed by atoms with E-state index < -0.39 is 0 Å². The Hall–Kier alpha value is -3.07. The van der Waals surface area contributed by atoms with Crippen molar-refractivity contribution in [3.63, 3.8) is 0 Å². The second-order valence-corrected chi connectivity index (χ2v) is 5.75. The Morgan fingerprint density at radius 3 is 2.58 bits per heavy atom. The van der Waals surface area contributed by atoms with Gasteiger partial charge in [0.25, 0.3) is 0 Å². The van der Waals surface area contributed by atoms with E-state index in [1.54, 1.807) is 0 Å². The van der Waals surface area contributed by atoms with E-state index in [0.29, 0.717) is 5.69 Å². The van der Waals surface area contributed by atoms with Crippen LogP contribution in [0.2, 0.25) is 0 Å². The van der Waals surface area contributed by atoms with Crippen molar-refractivity contribution < 1.29 is 4.42 Å². The van der Waals surface area contributed by atoms with E-state index in [2.05, 4.69) is 35.3 Å². The number of benzene rings is 3. The first-order chi connectivity index (χ1) is 11.8. The highest BCUT2D eigenvalue weighted by Gasteiger charge is 2.16. The molecule has 0 radical (unpaired) electrons. The van der Waals surface area contributed by atoms with Gasteiger partial charge in [0.1, 0.15) is 11.3 Å². The van der Waals surface area contributed by atoms with Gasteiger partial charge in [-0.25, -0.2) is 0 Å². The van der Waals surface area contributed by atoms with E-state index in [1.165, 1.54) is 0 Å². The van der Waals surface area contributed by atoms with Gasteiger partial charge in [0.05, 0.1) is 5.36 Å². The van der Waals surface area contributed by atoms with Crippen molar-refractivity contribution in [3.05, 3.63) is 72.1 Å². The van der Waals surface area contributed by atoms with E-state index in [4.69, 9.17) is 10.2 Å². The molecule has 1 aliphatic carbocycles. The van der Waals surface area contributed by atoms with Gasteiger partial charge in [-0.15, -0.1) is 0 Å². The average Bonchev–Trinajstić information content (AvgIpc) is 2.60. The summed E-state index contributed by atoms with van der Waals surface area (Å²) in [5.74, 6) is 0.821. The van der Waals surface area contributed by atoms with Crippen molar-refractivity contribution in [3.8, 4) is 22.5 Å². The van der Waals surface area contributed by atoms with E-state index in [9.17, 15) is 0 Å². The lowest BCUT2D eigenvalue weighted by molar-refractivity contribution is 0.619. The summed E-state index contributed by atoms with van der Waals surface area (Å²) in [7, 11) is 0. The minimum absolute atomic E-state index is 0.694. The zero-order valence-corrected chi connectivity index (χ0v) is 13.5. The molecule has 0 amide bonds. The minimum atomic E-state index is 0.694. The summed E-state index contributed by atoms with van der Waals surface area (Å²) in [6.07, 6.45) is 0. The molecule has 24 heavy (non-hydrogen) atoms. The third kappa shape index (κ3) is 2.44. The predicted octanol–water partition coefficient (Wildman–Crippen LogP) is 4.71. The molecule has 3 heteroatoms. The van der Waals surface area contributed by atoms with Gasteiger partial charge in [0.2, 0.25) is 0 Å². The number of fused-ring (bicyclic) bond motifs is 2. The topological polar surface area (TPSA) is 51.5 Å². The van der Waals surface area contributed by atoms with Crippen LogP contribution in [0.4, 0.5) is 5.69 Å². The molecule has 0 spiro atoms. The van der Waals surface area contributed by atoms with Crippen LogP contribution in [0, 0.1) is 0 Å². The van der Waals surface area contributed by atoms with Gasteiger partial charge in [-0.05, 0) is 36.8 Å². The van der Waals surface area contributed by atoms with Crippen LogP contribution in [0.25, 0.3) is 33.4 Å². The van der Waals surface area contributed by atoms with E-state index in [1.807, 2.05) is 43.3 Å². The number of hydrogen-bond donors (Lipinski definition) is 1. The van der Waals surface area contributed by atoms with E-state index >= 15 is 0 Å². The molecule has 0 bridgehead atoms. The van der Waals surface area contributed by atoms with Crippen LogP contribution in [-0.4, -0.2) is 6.54 Å². The van der Waals surface area contributed by atoms with Crippen LogP contribution < -0.4 is 11.1 Å². The van der Waals surface area contributed by atoms with Crippen LogP contribution in [-0.2, 0) is 0 Å². The van der Waals surface area contributed by atoms with E-state index in [-0.39, 0.29) is 0 Å². The van der Waals surface area contributed by atoms with Crippen molar-refractivity contribution >= 4 is 16.7 Å². The summed E-state index contributed by atoms with van der Waals surface area (Å²) in [6.45, 7) is 2.77. The Morgan fingerprint density at radius 2 is 1.79 bits per heavy atom. The van der Waals surface area contributed by atoms with Crippen molar-refractivity contribution in [2.75, 3.05) is 12.3 Å². The molecule has 3 nitrogen and oxygen atoms in total. The Bertz CT molecular complexity index is 1050. The highest BCUT2D eigenvalue weighted by atomic mass is 16.3. The average molecular weight is 314 g/mol. The molecule has 2 aromatic rings. The number of hydrogen-bond acceptors (Lipinski definition) is 3. The lowest BCUT2D eigenvalue weighted by atomic mass is 9.93. The molecule has 0 fully saturated rings. The van der Waals surface area contributed by atoms with Crippen LogP contribution in [0.3, 0.4) is 0 Å². The molecule has 4 rings (SSSR count). The van der Waals surface area contributed by atoms with Crippen LogP contribution >= 0.6 is 0 Å². The Balaban J connectivity index is 2.15. The van der Waals surface area contributed by atoms with Crippen LogP contribution in [0.1, 0.15) is 6.92 Å². The molecule has 0 aromatic heterocycles. The highest BCUT2D eigenvalue weighted by molar-refractivity contribution is 6.02. The summed E-state index contributed by atoms with van der Waals surface area (Å²) >= 11 is 0. The monoisotopic (exact) mass is 314 g/mol. The van der Waals surface area contributed by atoms with Gasteiger partial charge in [-0.3, -0.25) is 4.99 Å². The van der Waals surface area contributed by atoms with Gasteiger partial charge >= 0.3 is 0 Å². The number of rotatable bonds is 2. The summed E-state index contributed by atoms with van der Waals surface area (Å²) < 4.78 is 6.14. The molecule has 2 aromatic carbocycles. The highest BCUT2D eigenvalue weighted by Crippen LogP contribution is 2.39. The van der Waals surface area contributed by atoms with Gasteiger partial charge in [-0.2, -0.15) is 0 Å². The van der Waals surface area contributed by atoms with Crippen molar-refractivity contribution in [1.82, 2.24) is 0 Å². The molecule has 1 heterocycles. The van der Waals surface area contributed by atoms with Gasteiger partial charge < -0.3 is 10.2 Å². The maximum atomic E-state index is 6.14. The zero-order chi connectivity index (χ0) is 16.5. The fourth-order valence-electron chi connectivity index (χ4n) is 3.09. The summed E-state index contributed by atoms with van der Waals surface area (Å²) in [5, 5.41) is 1.99. The largest absolute Gasteiger partial charge is 0.456 e. The lowest BCUT2D eigenvalue weighted by Crippen LogP contribution is -2.03. The minimum Gasteiger partial charge on any atom is -0.456 e. The Labute approximate surface area is 140 Å². The third-order valence-electron chi connectivity index (χ3n) is 4.13. The molecule has 0 saturated carbocycles. The van der Waals surface area contributed by atoms with Gasteiger partial charge in [0.15, 0.2) is 0 Å². The number of nitrogen functional groups attached to an aromatic ring is 1. The van der Waals surface area contributed by atoms with E-state index in [0.717, 1.165) is 45.3 Å².